The number of ether oxygens (including phenoxy) is 1. The van der Waals surface area contributed by atoms with Crippen LogP contribution in [0.3, 0.4) is 0 Å². The van der Waals surface area contributed by atoms with Crippen molar-refractivity contribution in [2.45, 2.75) is 6.61 Å². The van der Waals surface area contributed by atoms with E-state index in [9.17, 15) is 10.1 Å². The van der Waals surface area contributed by atoms with Gasteiger partial charge in [0.1, 0.15) is 24.0 Å². The molecule has 4 nitrogen and oxygen atoms in total. The highest BCUT2D eigenvalue weighted by atomic mass is 79.9. The average molecular weight is 581 g/mol. The van der Waals surface area contributed by atoms with Crippen molar-refractivity contribution in [1.82, 2.24) is 0 Å². The molecule has 0 radical (unpaired) electrons. The van der Waals surface area contributed by atoms with Gasteiger partial charge in [0.15, 0.2) is 0 Å². The van der Waals surface area contributed by atoms with Gasteiger partial charge in [0.25, 0.3) is 5.91 Å². The fourth-order valence-corrected chi connectivity index (χ4v) is 4.59. The van der Waals surface area contributed by atoms with E-state index in [4.69, 9.17) is 27.9 Å². The summed E-state index contributed by atoms with van der Waals surface area (Å²) in [5.74, 6) is 0.000889. The molecule has 0 saturated heterocycles. The summed E-state index contributed by atoms with van der Waals surface area (Å²) in [6.07, 6.45) is 1.47. The second-order valence-corrected chi connectivity index (χ2v) is 8.83. The Morgan fingerprint density at radius 2 is 1.65 bits per heavy atom. The number of carbonyl (C=O) groups is 1. The standard InChI is InChI=1S/C23H14Br2Cl2N2O2/c24-17-10-15(11-18(25)22(17)31-13-14-5-2-1-3-6-14)9-16(12-28)23(30)29-21-19(26)7-4-8-20(21)27/h1-11H,13H2,(H,29,30)/b16-9+. The molecule has 3 aromatic carbocycles. The lowest BCUT2D eigenvalue weighted by Gasteiger charge is -2.12. The predicted molar refractivity (Wildman–Crippen MR) is 131 cm³/mol. The van der Waals surface area contributed by atoms with E-state index in [0.29, 0.717) is 26.9 Å². The molecule has 1 N–H and O–H groups in total. The number of rotatable bonds is 6. The largest absolute Gasteiger partial charge is 0.487 e. The molecule has 31 heavy (non-hydrogen) atoms. The summed E-state index contributed by atoms with van der Waals surface area (Å²) in [6.45, 7) is 0.400. The van der Waals surface area contributed by atoms with Gasteiger partial charge in [-0.05, 0) is 73.3 Å². The molecule has 1 amide bonds. The Hall–Kier alpha value is -2.30. The summed E-state index contributed by atoms with van der Waals surface area (Å²) in [5, 5.41) is 12.6. The third kappa shape index (κ3) is 6.11. The number of nitriles is 1. The van der Waals surface area contributed by atoms with Gasteiger partial charge in [-0.15, -0.1) is 0 Å². The summed E-state index contributed by atoms with van der Waals surface area (Å²) < 4.78 is 7.26. The van der Waals surface area contributed by atoms with E-state index >= 15 is 0 Å². The second-order valence-electron chi connectivity index (χ2n) is 6.31. The molecule has 0 bridgehead atoms. The minimum Gasteiger partial charge on any atom is -0.487 e. The highest BCUT2D eigenvalue weighted by Crippen LogP contribution is 2.36. The molecule has 3 aromatic rings. The van der Waals surface area contributed by atoms with E-state index in [1.807, 2.05) is 36.4 Å². The van der Waals surface area contributed by atoms with Crippen molar-refractivity contribution in [2.75, 3.05) is 5.32 Å². The lowest BCUT2D eigenvalue weighted by molar-refractivity contribution is -0.112. The summed E-state index contributed by atoms with van der Waals surface area (Å²) in [5.41, 5.74) is 1.81. The van der Waals surface area contributed by atoms with Gasteiger partial charge in [0, 0.05) is 0 Å². The van der Waals surface area contributed by atoms with Crippen LogP contribution in [-0.4, -0.2) is 5.91 Å². The number of hydrogen-bond donors (Lipinski definition) is 1. The Bertz CT molecular complexity index is 1150. The number of amides is 1. The zero-order chi connectivity index (χ0) is 22.4. The van der Waals surface area contributed by atoms with Crippen molar-refractivity contribution in [3.05, 3.63) is 96.4 Å². The molecule has 0 unspecified atom stereocenters. The van der Waals surface area contributed by atoms with E-state index < -0.39 is 5.91 Å². The highest BCUT2D eigenvalue weighted by Gasteiger charge is 2.15. The number of nitrogens with zero attached hydrogens (tertiary/aromatic N) is 1. The number of benzene rings is 3. The van der Waals surface area contributed by atoms with Gasteiger partial charge in [0.2, 0.25) is 0 Å². The van der Waals surface area contributed by atoms with Crippen LogP contribution < -0.4 is 10.1 Å². The number of halogens is 4. The van der Waals surface area contributed by atoms with Crippen LogP contribution in [0.15, 0.2) is 75.2 Å². The summed E-state index contributed by atoms with van der Waals surface area (Å²) in [4.78, 5) is 12.6. The average Bonchev–Trinajstić information content (AvgIpc) is 2.74. The van der Waals surface area contributed by atoms with Gasteiger partial charge in [-0.25, -0.2) is 0 Å². The molecule has 0 saturated carbocycles. The maximum absolute atomic E-state index is 12.6. The topological polar surface area (TPSA) is 62.1 Å². The molecule has 8 heteroatoms. The molecule has 0 aliphatic heterocycles. The van der Waals surface area contributed by atoms with Crippen molar-refractivity contribution in [1.29, 1.82) is 5.26 Å². The molecule has 0 atom stereocenters. The fourth-order valence-electron chi connectivity index (χ4n) is 2.64. The van der Waals surface area contributed by atoms with E-state index in [2.05, 4.69) is 37.2 Å². The van der Waals surface area contributed by atoms with Crippen LogP contribution in [0, 0.1) is 11.3 Å². The van der Waals surface area contributed by atoms with Crippen molar-refractivity contribution in [3.8, 4) is 11.8 Å². The Labute approximate surface area is 206 Å². The number of para-hydroxylation sites is 1. The smallest absolute Gasteiger partial charge is 0.266 e. The number of hydrogen-bond acceptors (Lipinski definition) is 3. The monoisotopic (exact) mass is 578 g/mol. The Balaban J connectivity index is 1.81. The van der Waals surface area contributed by atoms with Crippen LogP contribution in [0.2, 0.25) is 10.0 Å². The van der Waals surface area contributed by atoms with Crippen molar-refractivity contribution >= 4 is 72.7 Å². The van der Waals surface area contributed by atoms with Gasteiger partial charge in [-0.3, -0.25) is 4.79 Å². The van der Waals surface area contributed by atoms with Gasteiger partial charge >= 0.3 is 0 Å². The van der Waals surface area contributed by atoms with Gasteiger partial charge in [0.05, 0.1) is 24.7 Å². The van der Waals surface area contributed by atoms with E-state index in [0.717, 1.165) is 5.56 Å². The lowest BCUT2D eigenvalue weighted by atomic mass is 10.1. The molecule has 0 aromatic heterocycles. The molecule has 3 rings (SSSR count). The van der Waals surface area contributed by atoms with E-state index in [-0.39, 0.29) is 21.3 Å². The van der Waals surface area contributed by atoms with E-state index in [1.54, 1.807) is 30.3 Å². The quantitative estimate of drug-likeness (QED) is 0.241. The van der Waals surface area contributed by atoms with Crippen LogP contribution >= 0.6 is 55.1 Å². The number of carbonyl (C=O) groups excluding carboxylic acids is 1. The van der Waals surface area contributed by atoms with Gasteiger partial charge < -0.3 is 10.1 Å². The van der Waals surface area contributed by atoms with Crippen LogP contribution in [0.4, 0.5) is 5.69 Å². The second kappa shape index (κ2) is 10.8. The Kier molecular flexibility index (Phi) is 8.16. The maximum Gasteiger partial charge on any atom is 0.266 e. The molecular weight excluding hydrogens is 567 g/mol. The first kappa shape index (κ1) is 23.4. The normalized spacial score (nSPS) is 11.0. The van der Waals surface area contributed by atoms with E-state index in [1.165, 1.54) is 6.08 Å². The Morgan fingerprint density at radius 3 is 2.23 bits per heavy atom. The van der Waals surface area contributed by atoms with Gasteiger partial charge in [-0.1, -0.05) is 59.6 Å². The Morgan fingerprint density at radius 1 is 1.03 bits per heavy atom. The lowest BCUT2D eigenvalue weighted by Crippen LogP contribution is -2.14. The molecule has 0 aliphatic carbocycles. The van der Waals surface area contributed by atoms with Crippen molar-refractivity contribution in [2.24, 2.45) is 0 Å². The molecule has 0 fully saturated rings. The summed E-state index contributed by atoms with van der Waals surface area (Å²) in [7, 11) is 0. The first-order valence-electron chi connectivity index (χ1n) is 8.92. The first-order valence-corrected chi connectivity index (χ1v) is 11.3. The predicted octanol–water partition coefficient (Wildman–Crippen LogP) is 7.64. The maximum atomic E-state index is 12.6. The fraction of sp³-hybridized carbons (Fsp3) is 0.0435. The van der Waals surface area contributed by atoms with Gasteiger partial charge in [-0.2, -0.15) is 5.26 Å². The zero-order valence-electron chi connectivity index (χ0n) is 15.8. The molecular formula is C23H14Br2Cl2N2O2. The molecule has 0 spiro atoms. The molecule has 0 aliphatic rings. The third-order valence-electron chi connectivity index (χ3n) is 4.12. The van der Waals surface area contributed by atoms with Crippen molar-refractivity contribution < 1.29 is 9.53 Å². The summed E-state index contributed by atoms with van der Waals surface area (Å²) in [6, 6.07) is 20.1. The van der Waals surface area contributed by atoms with Crippen LogP contribution in [0.25, 0.3) is 6.08 Å². The van der Waals surface area contributed by atoms with Crippen molar-refractivity contribution in [3.63, 3.8) is 0 Å². The number of nitrogens with one attached hydrogen (secondary N) is 1. The zero-order valence-corrected chi connectivity index (χ0v) is 20.5. The van der Waals surface area contributed by atoms with Crippen LogP contribution in [0.5, 0.6) is 5.75 Å². The summed E-state index contributed by atoms with van der Waals surface area (Å²) >= 11 is 19.2. The highest BCUT2D eigenvalue weighted by molar-refractivity contribution is 9.11. The molecule has 156 valence electrons. The number of anilines is 1. The van der Waals surface area contributed by atoms with Crippen LogP contribution in [-0.2, 0) is 11.4 Å². The SMILES string of the molecule is N#C/C(=C\c1cc(Br)c(OCc2ccccc2)c(Br)c1)C(=O)Nc1c(Cl)cccc1Cl. The van der Waals surface area contributed by atoms with Crippen LogP contribution in [0.1, 0.15) is 11.1 Å². The first-order chi connectivity index (χ1) is 14.9. The minimum atomic E-state index is -0.617. The minimum absolute atomic E-state index is 0.104. The third-order valence-corrected chi connectivity index (χ3v) is 5.93. The molecule has 0 heterocycles.